The van der Waals surface area contributed by atoms with Crippen LogP contribution in [0.1, 0.15) is 62.3 Å². The molecule has 36 heavy (non-hydrogen) atoms. The normalized spacial score (nSPS) is 25.6. The van der Waals surface area contributed by atoms with Crippen molar-refractivity contribution in [2.45, 2.75) is 73.4 Å². The number of rotatable bonds is 5. The molecule has 3 fully saturated rings. The minimum Gasteiger partial charge on any atom is -0.768 e. The molecule has 2 unspecified atom stereocenters. The van der Waals surface area contributed by atoms with Gasteiger partial charge in [0.15, 0.2) is 5.65 Å². The van der Waals surface area contributed by atoms with Crippen LogP contribution in [-0.4, -0.2) is 68.1 Å². The van der Waals surface area contributed by atoms with E-state index in [4.69, 9.17) is 10.7 Å². The zero-order valence-electron chi connectivity index (χ0n) is 19.5. The molecule has 2 saturated heterocycles. The van der Waals surface area contributed by atoms with E-state index in [1.807, 2.05) is 6.07 Å². The number of piperidine rings is 1. The summed E-state index contributed by atoms with van der Waals surface area (Å²) in [5.41, 5.74) is 8.29. The number of fused-ring (bicyclic) bond motifs is 3. The summed E-state index contributed by atoms with van der Waals surface area (Å²) in [6, 6.07) is 3.51. The molecule has 2 aliphatic heterocycles. The van der Waals surface area contributed by atoms with Crippen LogP contribution in [-0.2, 0) is 21.5 Å². The van der Waals surface area contributed by atoms with Gasteiger partial charge in [-0.1, -0.05) is 6.07 Å². The van der Waals surface area contributed by atoms with Crippen molar-refractivity contribution in [3.05, 3.63) is 35.9 Å². The number of nitrogen functional groups attached to an aromatic ring is 1. The van der Waals surface area contributed by atoms with E-state index < -0.39 is 23.3 Å². The fourth-order valence-electron chi connectivity index (χ4n) is 6.15. The molecule has 3 aromatic rings. The van der Waals surface area contributed by atoms with Gasteiger partial charge in [0, 0.05) is 35.3 Å². The number of aromatic nitrogens is 4. The molecule has 11 nitrogen and oxygen atoms in total. The molecule has 1 aliphatic carbocycles. The third-order valence-electron chi connectivity index (χ3n) is 8.11. The molecule has 1 saturated carbocycles. The van der Waals surface area contributed by atoms with Crippen molar-refractivity contribution in [2.24, 2.45) is 0 Å². The Bertz CT molecular complexity index is 1360. The van der Waals surface area contributed by atoms with Crippen LogP contribution in [0.4, 0.5) is 5.82 Å². The van der Waals surface area contributed by atoms with Crippen molar-refractivity contribution in [1.29, 1.82) is 0 Å². The number of carbonyl (C=O) groups is 1. The fourth-order valence-corrected chi connectivity index (χ4v) is 6.79. The van der Waals surface area contributed by atoms with E-state index in [-0.39, 0.29) is 34.6 Å². The molecule has 3 aromatic heterocycles. The van der Waals surface area contributed by atoms with E-state index in [9.17, 15) is 23.8 Å². The lowest BCUT2D eigenvalue weighted by atomic mass is 9.77. The summed E-state index contributed by atoms with van der Waals surface area (Å²) in [6.07, 6.45) is 8.32. The highest BCUT2D eigenvalue weighted by molar-refractivity contribution is 7.79. The van der Waals surface area contributed by atoms with Gasteiger partial charge >= 0.3 is 0 Å². The first kappa shape index (κ1) is 23.5. The van der Waals surface area contributed by atoms with Crippen LogP contribution in [0.2, 0.25) is 0 Å². The number of amides is 1. The van der Waals surface area contributed by atoms with Crippen LogP contribution in [0, 0.1) is 0 Å². The lowest BCUT2D eigenvalue weighted by Gasteiger charge is -2.39. The average Bonchev–Trinajstić information content (AvgIpc) is 3.40. The van der Waals surface area contributed by atoms with Gasteiger partial charge in [-0.3, -0.25) is 14.0 Å². The zero-order chi connectivity index (χ0) is 25.2. The number of aliphatic hydroxyl groups excluding tert-OH is 1. The Hall–Kier alpha value is -2.93. The van der Waals surface area contributed by atoms with E-state index in [0.29, 0.717) is 48.3 Å². The van der Waals surface area contributed by atoms with E-state index in [1.54, 1.807) is 23.4 Å². The maximum Gasteiger partial charge on any atom is 0.248 e. The second kappa shape index (κ2) is 8.58. The van der Waals surface area contributed by atoms with Crippen molar-refractivity contribution in [1.82, 2.24) is 24.5 Å². The first-order valence-electron chi connectivity index (χ1n) is 12.2. The van der Waals surface area contributed by atoms with Crippen LogP contribution in [0.15, 0.2) is 29.4 Å². The average molecular weight is 512 g/mol. The summed E-state index contributed by atoms with van der Waals surface area (Å²) < 4.78 is 25.9. The molecule has 4 N–H and O–H groups in total. The Morgan fingerprint density at radius 1 is 1.22 bits per heavy atom. The molecule has 3 aliphatic rings. The molecular weight excluding hydrogens is 484 g/mol. The number of nitrogens with two attached hydrogens (primary N) is 1. The molecule has 6 rings (SSSR count). The van der Waals surface area contributed by atoms with Crippen LogP contribution < -0.4 is 5.73 Å². The molecule has 1 amide bonds. The fraction of sp³-hybridized carbons (Fsp3) is 0.500. The summed E-state index contributed by atoms with van der Waals surface area (Å²) in [4.78, 5) is 23.2. The molecule has 12 heteroatoms. The SMILES string of the molecule is Nc1c(S(=O)[O-])c(C2C[C@H]3CC[C@@H](C2)N3C(=O)CO)nc2c(-c3ccc(C4(O)CCC4)nc3)cnn12. The summed E-state index contributed by atoms with van der Waals surface area (Å²) in [5.74, 6) is -0.511. The maximum atomic E-state index is 12.3. The van der Waals surface area contributed by atoms with Gasteiger partial charge in [-0.2, -0.15) is 9.61 Å². The van der Waals surface area contributed by atoms with Gasteiger partial charge in [-0.05, 0) is 62.1 Å². The molecule has 5 heterocycles. The van der Waals surface area contributed by atoms with Crippen LogP contribution in [0.25, 0.3) is 16.8 Å². The van der Waals surface area contributed by atoms with E-state index in [1.165, 1.54) is 4.52 Å². The monoisotopic (exact) mass is 511 g/mol. The van der Waals surface area contributed by atoms with E-state index in [2.05, 4.69) is 10.1 Å². The van der Waals surface area contributed by atoms with Gasteiger partial charge in [0.2, 0.25) is 5.91 Å². The van der Waals surface area contributed by atoms with Gasteiger partial charge in [0.1, 0.15) is 18.0 Å². The van der Waals surface area contributed by atoms with Crippen molar-refractivity contribution in [3.8, 4) is 11.1 Å². The standard InChI is InChI=1S/C24H28N6O5S/c25-22-21(36(34)35)20(14-8-15-3-4-16(9-14)29(15)19(32)12-31)28-23-17(11-27-30(22)23)13-2-5-18(26-10-13)24(33)6-1-7-24/h2,5,10-11,14-16,31,33H,1,3-4,6-9,12,25H2,(H,34,35)/p-1/t14?,15-,16+. The summed E-state index contributed by atoms with van der Waals surface area (Å²) >= 11 is -2.63. The molecule has 190 valence electrons. The predicted molar refractivity (Wildman–Crippen MR) is 128 cm³/mol. The summed E-state index contributed by atoms with van der Waals surface area (Å²) in [5, 5.41) is 24.3. The Labute approximate surface area is 209 Å². The molecule has 0 spiro atoms. The molecule has 4 atom stereocenters. The highest BCUT2D eigenvalue weighted by Crippen LogP contribution is 2.45. The second-order valence-corrected chi connectivity index (χ2v) is 10.9. The number of nitrogens with zero attached hydrogens (tertiary/aromatic N) is 5. The Balaban J connectivity index is 1.41. The Morgan fingerprint density at radius 2 is 1.94 bits per heavy atom. The lowest BCUT2D eigenvalue weighted by Crippen LogP contribution is -2.47. The van der Waals surface area contributed by atoms with Crippen molar-refractivity contribution < 1.29 is 23.8 Å². The van der Waals surface area contributed by atoms with Crippen LogP contribution in [0.3, 0.4) is 0 Å². The molecule has 0 aromatic carbocycles. The first-order chi connectivity index (χ1) is 17.3. The zero-order valence-corrected chi connectivity index (χ0v) is 20.4. The number of anilines is 1. The number of hydrogen-bond donors (Lipinski definition) is 3. The third-order valence-corrected chi connectivity index (χ3v) is 8.86. The van der Waals surface area contributed by atoms with Gasteiger partial charge < -0.3 is 25.4 Å². The van der Waals surface area contributed by atoms with E-state index >= 15 is 0 Å². The van der Waals surface area contributed by atoms with Crippen LogP contribution >= 0.6 is 0 Å². The predicted octanol–water partition coefficient (Wildman–Crippen LogP) is 1.21. The molecule has 2 bridgehead atoms. The quantitative estimate of drug-likeness (QED) is 0.426. The third kappa shape index (κ3) is 3.54. The Kier molecular flexibility index (Phi) is 5.59. The number of aliphatic hydroxyl groups is 2. The maximum absolute atomic E-state index is 12.3. The first-order valence-corrected chi connectivity index (χ1v) is 13.3. The van der Waals surface area contributed by atoms with Gasteiger partial charge in [0.25, 0.3) is 0 Å². The largest absolute Gasteiger partial charge is 0.768 e. The van der Waals surface area contributed by atoms with Gasteiger partial charge in [0.05, 0.1) is 22.5 Å². The number of pyridine rings is 1. The van der Waals surface area contributed by atoms with Crippen LogP contribution in [0.5, 0.6) is 0 Å². The van der Waals surface area contributed by atoms with Crippen molar-refractivity contribution in [3.63, 3.8) is 0 Å². The molecular formula is C24H27N6O5S-. The number of hydrogen-bond acceptors (Lipinski definition) is 9. The highest BCUT2D eigenvalue weighted by atomic mass is 32.2. The van der Waals surface area contributed by atoms with E-state index in [0.717, 1.165) is 24.8 Å². The highest BCUT2D eigenvalue weighted by Gasteiger charge is 2.44. The Morgan fingerprint density at radius 3 is 2.50 bits per heavy atom. The summed E-state index contributed by atoms with van der Waals surface area (Å²) in [7, 11) is 0. The minimum absolute atomic E-state index is 0.0100. The van der Waals surface area contributed by atoms with Gasteiger partial charge in [-0.25, -0.2) is 4.98 Å². The lowest BCUT2D eigenvalue weighted by molar-refractivity contribution is -0.138. The number of carbonyl (C=O) groups excluding carboxylic acids is 1. The van der Waals surface area contributed by atoms with Gasteiger partial charge in [-0.15, -0.1) is 0 Å². The summed E-state index contributed by atoms with van der Waals surface area (Å²) in [6.45, 7) is -0.534. The minimum atomic E-state index is -2.63. The smallest absolute Gasteiger partial charge is 0.248 e. The van der Waals surface area contributed by atoms with Crippen molar-refractivity contribution in [2.75, 3.05) is 12.3 Å². The second-order valence-electron chi connectivity index (χ2n) is 10.1. The van der Waals surface area contributed by atoms with Crippen molar-refractivity contribution >= 4 is 28.5 Å². The molecule has 0 radical (unpaired) electrons. The topological polar surface area (TPSA) is 170 Å².